The van der Waals surface area contributed by atoms with Crippen LogP contribution in [0.5, 0.6) is 0 Å². The highest BCUT2D eigenvalue weighted by molar-refractivity contribution is 9.10. The molecule has 1 N–H and O–H groups in total. The maximum atomic E-state index is 13.3. The van der Waals surface area contributed by atoms with Gasteiger partial charge < -0.3 is 9.84 Å². The van der Waals surface area contributed by atoms with Crippen LogP contribution in [0.1, 0.15) is 25.0 Å². The fourth-order valence-corrected chi connectivity index (χ4v) is 1.73. The van der Waals surface area contributed by atoms with Crippen LogP contribution in [0, 0.1) is 11.7 Å². The van der Waals surface area contributed by atoms with Crippen molar-refractivity contribution in [2.75, 3.05) is 13.7 Å². The van der Waals surface area contributed by atoms with Crippen molar-refractivity contribution >= 4 is 15.9 Å². The van der Waals surface area contributed by atoms with E-state index in [-0.39, 0.29) is 11.7 Å². The summed E-state index contributed by atoms with van der Waals surface area (Å²) in [7, 11) is 1.62. The summed E-state index contributed by atoms with van der Waals surface area (Å²) in [6.07, 6.45) is 0.0905. The number of rotatable bonds is 5. The number of benzene rings is 1. The summed E-state index contributed by atoms with van der Waals surface area (Å²) in [6.45, 7) is 2.51. The van der Waals surface area contributed by atoms with Crippen LogP contribution in [0.4, 0.5) is 4.39 Å². The Morgan fingerprint density at radius 1 is 1.50 bits per heavy atom. The molecule has 1 rings (SSSR count). The van der Waals surface area contributed by atoms with E-state index in [1.165, 1.54) is 6.07 Å². The molecule has 16 heavy (non-hydrogen) atoms. The summed E-state index contributed by atoms with van der Waals surface area (Å²) in [5.41, 5.74) is 0.601. The van der Waals surface area contributed by atoms with E-state index in [1.54, 1.807) is 19.2 Å². The van der Waals surface area contributed by atoms with Gasteiger partial charge >= 0.3 is 0 Å². The van der Waals surface area contributed by atoms with Crippen molar-refractivity contribution in [3.63, 3.8) is 0 Å². The van der Waals surface area contributed by atoms with Gasteiger partial charge in [-0.1, -0.05) is 13.0 Å². The van der Waals surface area contributed by atoms with Gasteiger partial charge in [-0.3, -0.25) is 0 Å². The first-order chi connectivity index (χ1) is 7.56. The largest absolute Gasteiger partial charge is 0.388 e. The topological polar surface area (TPSA) is 29.5 Å². The molecule has 0 aliphatic heterocycles. The molecule has 2 unspecified atom stereocenters. The summed E-state index contributed by atoms with van der Waals surface area (Å²) in [6, 6.07) is 4.69. The molecule has 0 saturated carbocycles. The van der Waals surface area contributed by atoms with Crippen LogP contribution in [-0.4, -0.2) is 18.8 Å². The molecule has 0 aliphatic rings. The lowest BCUT2D eigenvalue weighted by atomic mass is 9.95. The molecule has 0 bridgehead atoms. The second-order valence-electron chi connectivity index (χ2n) is 3.88. The Bertz CT molecular complexity index is 344. The van der Waals surface area contributed by atoms with Crippen LogP contribution in [0.3, 0.4) is 0 Å². The first-order valence-corrected chi connectivity index (χ1v) is 5.97. The molecule has 1 aromatic rings. The molecule has 0 aliphatic carbocycles. The van der Waals surface area contributed by atoms with Gasteiger partial charge in [-0.05, 0) is 46.0 Å². The lowest BCUT2D eigenvalue weighted by Gasteiger charge is -2.19. The van der Waals surface area contributed by atoms with Crippen molar-refractivity contribution in [1.29, 1.82) is 0 Å². The number of aliphatic hydroxyl groups excluding tert-OH is 1. The number of methoxy groups -OCH3 is 1. The van der Waals surface area contributed by atoms with E-state index in [4.69, 9.17) is 4.74 Å². The Labute approximate surface area is 104 Å². The zero-order valence-electron chi connectivity index (χ0n) is 9.41. The number of ether oxygens (including phenoxy) is 1. The van der Waals surface area contributed by atoms with E-state index in [0.717, 1.165) is 6.42 Å². The van der Waals surface area contributed by atoms with E-state index < -0.39 is 6.10 Å². The van der Waals surface area contributed by atoms with Gasteiger partial charge in [-0.25, -0.2) is 4.39 Å². The van der Waals surface area contributed by atoms with Gasteiger partial charge in [0.1, 0.15) is 5.82 Å². The molecule has 2 atom stereocenters. The normalized spacial score (nSPS) is 14.8. The lowest BCUT2D eigenvalue weighted by Crippen LogP contribution is -2.11. The van der Waals surface area contributed by atoms with Crippen molar-refractivity contribution in [3.8, 4) is 0 Å². The molecule has 0 heterocycles. The molecule has 0 amide bonds. The van der Waals surface area contributed by atoms with Gasteiger partial charge in [0.25, 0.3) is 0 Å². The Morgan fingerprint density at radius 3 is 2.75 bits per heavy atom. The average molecular weight is 291 g/mol. The molecular weight excluding hydrogens is 275 g/mol. The Kier molecular flexibility index (Phi) is 5.38. The van der Waals surface area contributed by atoms with Crippen LogP contribution in [0.2, 0.25) is 0 Å². The molecule has 0 aromatic heterocycles. The molecule has 0 fully saturated rings. The lowest BCUT2D eigenvalue weighted by molar-refractivity contribution is 0.0884. The predicted molar refractivity (Wildman–Crippen MR) is 64.7 cm³/mol. The SMILES string of the molecule is COCCC(C)C(O)c1ccc(Br)c(F)c1. The van der Waals surface area contributed by atoms with Gasteiger partial charge in [-0.15, -0.1) is 0 Å². The third-order valence-electron chi connectivity index (χ3n) is 2.60. The van der Waals surface area contributed by atoms with Gasteiger partial charge in [0.05, 0.1) is 10.6 Å². The van der Waals surface area contributed by atoms with Crippen LogP contribution in [0.15, 0.2) is 22.7 Å². The van der Waals surface area contributed by atoms with Crippen molar-refractivity contribution < 1.29 is 14.2 Å². The third kappa shape index (κ3) is 3.54. The van der Waals surface area contributed by atoms with Crippen LogP contribution in [-0.2, 0) is 4.74 Å². The van der Waals surface area contributed by atoms with E-state index in [0.29, 0.717) is 16.6 Å². The van der Waals surface area contributed by atoms with Crippen LogP contribution < -0.4 is 0 Å². The molecule has 0 saturated heterocycles. The Balaban J connectivity index is 2.71. The van der Waals surface area contributed by atoms with Crippen molar-refractivity contribution in [2.45, 2.75) is 19.4 Å². The average Bonchev–Trinajstić information content (AvgIpc) is 2.28. The first kappa shape index (κ1) is 13.6. The smallest absolute Gasteiger partial charge is 0.137 e. The van der Waals surface area contributed by atoms with Crippen molar-refractivity contribution in [2.24, 2.45) is 5.92 Å². The zero-order chi connectivity index (χ0) is 12.1. The molecule has 90 valence electrons. The minimum atomic E-state index is -0.655. The predicted octanol–water partition coefficient (Wildman–Crippen LogP) is 3.29. The van der Waals surface area contributed by atoms with E-state index in [2.05, 4.69) is 15.9 Å². The summed E-state index contributed by atoms with van der Waals surface area (Å²) < 4.78 is 18.6. The second kappa shape index (κ2) is 6.33. The number of halogens is 2. The summed E-state index contributed by atoms with van der Waals surface area (Å²) >= 11 is 3.08. The van der Waals surface area contributed by atoms with Gasteiger partial charge in [0, 0.05) is 13.7 Å². The van der Waals surface area contributed by atoms with Crippen LogP contribution >= 0.6 is 15.9 Å². The molecule has 1 aromatic carbocycles. The fourth-order valence-electron chi connectivity index (χ4n) is 1.49. The van der Waals surface area contributed by atoms with E-state index in [1.807, 2.05) is 6.92 Å². The highest BCUT2D eigenvalue weighted by Gasteiger charge is 2.17. The number of aliphatic hydroxyl groups is 1. The Hall–Kier alpha value is -0.450. The fraction of sp³-hybridized carbons (Fsp3) is 0.500. The standard InChI is InChI=1S/C12H16BrFO2/c1-8(5-6-16-2)12(15)9-3-4-10(13)11(14)7-9/h3-4,7-8,12,15H,5-6H2,1-2H3. The summed E-state index contributed by atoms with van der Waals surface area (Å²) in [4.78, 5) is 0. The second-order valence-corrected chi connectivity index (χ2v) is 4.73. The Morgan fingerprint density at radius 2 is 2.19 bits per heavy atom. The molecule has 0 spiro atoms. The first-order valence-electron chi connectivity index (χ1n) is 5.18. The van der Waals surface area contributed by atoms with Gasteiger partial charge in [-0.2, -0.15) is 0 Å². The molecule has 0 radical (unpaired) electrons. The monoisotopic (exact) mass is 290 g/mol. The molecule has 2 nitrogen and oxygen atoms in total. The zero-order valence-corrected chi connectivity index (χ0v) is 11.0. The minimum Gasteiger partial charge on any atom is -0.388 e. The molecular formula is C12H16BrFO2. The van der Waals surface area contributed by atoms with E-state index in [9.17, 15) is 9.50 Å². The van der Waals surface area contributed by atoms with Crippen molar-refractivity contribution in [3.05, 3.63) is 34.1 Å². The maximum absolute atomic E-state index is 13.3. The minimum absolute atomic E-state index is 0.0422. The number of hydrogen-bond acceptors (Lipinski definition) is 2. The highest BCUT2D eigenvalue weighted by Crippen LogP contribution is 2.27. The van der Waals surface area contributed by atoms with Gasteiger partial charge in [0.2, 0.25) is 0 Å². The summed E-state index contributed by atoms with van der Waals surface area (Å²) in [5.74, 6) is -0.309. The highest BCUT2D eigenvalue weighted by atomic mass is 79.9. The molecule has 4 heteroatoms. The van der Waals surface area contributed by atoms with Gasteiger partial charge in [0.15, 0.2) is 0 Å². The number of hydrogen-bond donors (Lipinski definition) is 1. The maximum Gasteiger partial charge on any atom is 0.137 e. The third-order valence-corrected chi connectivity index (χ3v) is 3.24. The quantitative estimate of drug-likeness (QED) is 0.902. The van der Waals surface area contributed by atoms with Crippen molar-refractivity contribution in [1.82, 2.24) is 0 Å². The van der Waals surface area contributed by atoms with Crippen LogP contribution in [0.25, 0.3) is 0 Å². The summed E-state index contributed by atoms with van der Waals surface area (Å²) in [5, 5.41) is 9.99. The van der Waals surface area contributed by atoms with E-state index >= 15 is 0 Å².